The van der Waals surface area contributed by atoms with Crippen LogP contribution in [-0.2, 0) is 9.84 Å². The standard InChI is InChI=1S/C25H22Cl2N4O3S/c1-14-3-5-16(6-4-14)22-12-19(25(32)28-17-7-8-20(26)21(27)11-17)23-15(2)30-31(24(23)29-22)18-9-10-35(33,34)13-18/h3-8,11-12,18H,9-10,13H2,1-2H3,(H,28,32). The number of aromatic nitrogens is 3. The van der Waals surface area contributed by atoms with Crippen molar-refractivity contribution in [1.29, 1.82) is 0 Å². The number of fused-ring (bicyclic) bond motifs is 1. The lowest BCUT2D eigenvalue weighted by molar-refractivity contribution is 0.102. The number of benzene rings is 2. The van der Waals surface area contributed by atoms with Gasteiger partial charge in [-0.25, -0.2) is 18.1 Å². The Bertz CT molecular complexity index is 1580. The molecule has 4 aromatic rings. The Morgan fingerprint density at radius 2 is 1.80 bits per heavy atom. The molecule has 1 fully saturated rings. The van der Waals surface area contributed by atoms with Gasteiger partial charge >= 0.3 is 0 Å². The van der Waals surface area contributed by atoms with Gasteiger partial charge in [-0.2, -0.15) is 5.10 Å². The second-order valence-electron chi connectivity index (χ2n) is 8.79. The minimum absolute atomic E-state index is 0.00443. The fourth-order valence-electron chi connectivity index (χ4n) is 4.36. The van der Waals surface area contributed by atoms with Crippen LogP contribution in [0.3, 0.4) is 0 Å². The van der Waals surface area contributed by atoms with Gasteiger partial charge in [0, 0.05) is 11.3 Å². The van der Waals surface area contributed by atoms with Crippen LogP contribution >= 0.6 is 23.2 Å². The molecule has 1 unspecified atom stereocenters. The minimum Gasteiger partial charge on any atom is -0.322 e. The first-order chi connectivity index (χ1) is 16.6. The summed E-state index contributed by atoms with van der Waals surface area (Å²) < 4.78 is 26.0. The Morgan fingerprint density at radius 3 is 2.46 bits per heavy atom. The van der Waals surface area contributed by atoms with Crippen LogP contribution in [0, 0.1) is 13.8 Å². The number of hydrogen-bond acceptors (Lipinski definition) is 5. The third-order valence-electron chi connectivity index (χ3n) is 6.16. The van der Waals surface area contributed by atoms with E-state index in [-0.39, 0.29) is 23.5 Å². The maximum atomic E-state index is 13.5. The SMILES string of the molecule is Cc1ccc(-c2cc(C(=O)Nc3ccc(Cl)c(Cl)c3)c3c(C)nn(C4CCS(=O)(=O)C4)c3n2)cc1. The molecule has 180 valence electrons. The summed E-state index contributed by atoms with van der Waals surface area (Å²) in [4.78, 5) is 18.4. The third kappa shape index (κ3) is 4.66. The first-order valence-corrected chi connectivity index (χ1v) is 13.6. The number of hydrogen-bond donors (Lipinski definition) is 1. The second-order valence-corrected chi connectivity index (χ2v) is 11.8. The van der Waals surface area contributed by atoms with Gasteiger partial charge in [-0.05, 0) is 44.5 Å². The van der Waals surface area contributed by atoms with E-state index < -0.39 is 9.84 Å². The van der Waals surface area contributed by atoms with Crippen molar-refractivity contribution in [3.05, 3.63) is 75.4 Å². The fourth-order valence-corrected chi connectivity index (χ4v) is 6.35. The summed E-state index contributed by atoms with van der Waals surface area (Å²) in [7, 11) is -3.14. The van der Waals surface area contributed by atoms with Crippen molar-refractivity contribution in [3.8, 4) is 11.3 Å². The predicted molar refractivity (Wildman–Crippen MR) is 139 cm³/mol. The number of aryl methyl sites for hydroxylation is 2. The van der Waals surface area contributed by atoms with Crippen LogP contribution in [0.2, 0.25) is 10.0 Å². The Morgan fingerprint density at radius 1 is 1.06 bits per heavy atom. The van der Waals surface area contributed by atoms with Crippen molar-refractivity contribution in [2.24, 2.45) is 0 Å². The average Bonchev–Trinajstić information content (AvgIpc) is 3.35. The molecule has 10 heteroatoms. The van der Waals surface area contributed by atoms with E-state index in [1.807, 2.05) is 31.2 Å². The molecule has 0 bridgehead atoms. The van der Waals surface area contributed by atoms with Crippen molar-refractivity contribution >= 4 is 55.7 Å². The van der Waals surface area contributed by atoms with Crippen molar-refractivity contribution in [2.75, 3.05) is 16.8 Å². The van der Waals surface area contributed by atoms with Crippen LogP contribution < -0.4 is 5.32 Å². The van der Waals surface area contributed by atoms with Gasteiger partial charge < -0.3 is 5.32 Å². The van der Waals surface area contributed by atoms with E-state index in [0.717, 1.165) is 11.1 Å². The van der Waals surface area contributed by atoms with E-state index in [9.17, 15) is 13.2 Å². The van der Waals surface area contributed by atoms with Crippen LogP contribution in [0.1, 0.15) is 34.1 Å². The molecule has 0 radical (unpaired) electrons. The predicted octanol–water partition coefficient (Wildman–Crippen LogP) is 5.63. The van der Waals surface area contributed by atoms with Gasteiger partial charge in [0.15, 0.2) is 15.5 Å². The molecular weight excluding hydrogens is 507 g/mol. The number of rotatable bonds is 4. The molecule has 0 spiro atoms. The van der Waals surface area contributed by atoms with Gasteiger partial charge in [0.05, 0.1) is 49.9 Å². The first-order valence-electron chi connectivity index (χ1n) is 11.0. The molecule has 1 saturated heterocycles. The van der Waals surface area contributed by atoms with Gasteiger partial charge in [-0.3, -0.25) is 4.79 Å². The van der Waals surface area contributed by atoms with E-state index in [1.165, 1.54) is 0 Å². The van der Waals surface area contributed by atoms with E-state index >= 15 is 0 Å². The number of anilines is 1. The van der Waals surface area contributed by atoms with E-state index in [4.69, 9.17) is 28.2 Å². The Labute approximate surface area is 213 Å². The highest BCUT2D eigenvalue weighted by Gasteiger charge is 2.32. The largest absolute Gasteiger partial charge is 0.322 e. The third-order valence-corrected chi connectivity index (χ3v) is 8.65. The highest BCUT2D eigenvalue weighted by molar-refractivity contribution is 7.91. The number of amides is 1. The van der Waals surface area contributed by atoms with Crippen molar-refractivity contribution in [3.63, 3.8) is 0 Å². The molecule has 1 aliphatic heterocycles. The van der Waals surface area contributed by atoms with Crippen LogP contribution in [0.15, 0.2) is 48.5 Å². The Balaban J connectivity index is 1.67. The lowest BCUT2D eigenvalue weighted by Crippen LogP contribution is -2.15. The van der Waals surface area contributed by atoms with Crippen LogP contribution in [0.5, 0.6) is 0 Å². The summed E-state index contributed by atoms with van der Waals surface area (Å²) in [5.74, 6) is -0.240. The number of sulfone groups is 1. The van der Waals surface area contributed by atoms with E-state index in [0.29, 0.717) is 50.1 Å². The summed E-state index contributed by atoms with van der Waals surface area (Å²) >= 11 is 12.1. The van der Waals surface area contributed by atoms with Crippen molar-refractivity contribution < 1.29 is 13.2 Å². The van der Waals surface area contributed by atoms with Gasteiger partial charge in [0.1, 0.15) is 0 Å². The molecule has 2 aromatic carbocycles. The summed E-state index contributed by atoms with van der Waals surface area (Å²) in [6.45, 7) is 3.79. The monoisotopic (exact) mass is 528 g/mol. The molecule has 3 heterocycles. The zero-order chi connectivity index (χ0) is 24.9. The minimum atomic E-state index is -3.14. The zero-order valence-electron chi connectivity index (χ0n) is 19.0. The smallest absolute Gasteiger partial charge is 0.256 e. The number of nitrogens with zero attached hydrogens (tertiary/aromatic N) is 3. The molecule has 0 aliphatic carbocycles. The van der Waals surface area contributed by atoms with Crippen molar-refractivity contribution in [2.45, 2.75) is 26.3 Å². The summed E-state index contributed by atoms with van der Waals surface area (Å²) in [5.41, 5.74) is 4.52. The fraction of sp³-hybridized carbons (Fsp3) is 0.240. The van der Waals surface area contributed by atoms with E-state index in [1.54, 1.807) is 35.9 Å². The Kier molecular flexibility index (Phi) is 6.07. The average molecular weight is 529 g/mol. The number of carbonyl (C=O) groups excluding carboxylic acids is 1. The second kappa shape index (κ2) is 8.93. The molecule has 1 aliphatic rings. The molecule has 1 amide bonds. The highest BCUT2D eigenvalue weighted by Crippen LogP contribution is 2.33. The molecule has 2 aromatic heterocycles. The maximum absolute atomic E-state index is 13.5. The molecule has 35 heavy (non-hydrogen) atoms. The number of halogens is 2. The Hall–Kier alpha value is -2.94. The topological polar surface area (TPSA) is 94.0 Å². The molecule has 7 nitrogen and oxygen atoms in total. The lowest BCUT2D eigenvalue weighted by atomic mass is 10.0. The van der Waals surface area contributed by atoms with Crippen LogP contribution in [-0.4, -0.2) is 40.6 Å². The summed E-state index contributed by atoms with van der Waals surface area (Å²) in [6.07, 6.45) is 0.458. The van der Waals surface area contributed by atoms with Gasteiger partial charge in [-0.15, -0.1) is 0 Å². The first kappa shape index (κ1) is 23.8. The highest BCUT2D eigenvalue weighted by atomic mass is 35.5. The van der Waals surface area contributed by atoms with Crippen molar-refractivity contribution in [1.82, 2.24) is 14.8 Å². The van der Waals surface area contributed by atoms with E-state index in [2.05, 4.69) is 10.4 Å². The molecule has 0 saturated carbocycles. The number of nitrogens with one attached hydrogen (secondary N) is 1. The lowest BCUT2D eigenvalue weighted by Gasteiger charge is -2.13. The summed E-state index contributed by atoms with van der Waals surface area (Å²) in [6, 6.07) is 14.1. The number of pyridine rings is 1. The molecular formula is C25H22Cl2N4O3S. The number of carbonyl (C=O) groups is 1. The van der Waals surface area contributed by atoms with Gasteiger partial charge in [0.2, 0.25) is 0 Å². The summed E-state index contributed by atoms with van der Waals surface area (Å²) in [5, 5.41) is 8.82. The van der Waals surface area contributed by atoms with Gasteiger partial charge in [0.25, 0.3) is 5.91 Å². The van der Waals surface area contributed by atoms with Crippen LogP contribution in [0.4, 0.5) is 5.69 Å². The molecule has 1 atom stereocenters. The normalized spacial score (nSPS) is 17.1. The zero-order valence-corrected chi connectivity index (χ0v) is 21.4. The maximum Gasteiger partial charge on any atom is 0.256 e. The quantitative estimate of drug-likeness (QED) is 0.370. The molecule has 5 rings (SSSR count). The van der Waals surface area contributed by atoms with Crippen LogP contribution in [0.25, 0.3) is 22.3 Å². The molecule has 1 N–H and O–H groups in total. The van der Waals surface area contributed by atoms with Gasteiger partial charge in [-0.1, -0.05) is 53.0 Å².